The smallest absolute Gasteiger partial charge is 0.274 e. The van der Waals surface area contributed by atoms with Crippen LogP contribution in [0.5, 0.6) is 0 Å². The van der Waals surface area contributed by atoms with E-state index in [1.165, 1.54) is 30.4 Å². The van der Waals surface area contributed by atoms with Gasteiger partial charge in [0.25, 0.3) is 5.56 Å². The van der Waals surface area contributed by atoms with Gasteiger partial charge in [-0.2, -0.15) is 5.10 Å². The largest absolute Gasteiger partial charge is 0.396 e. The lowest BCUT2D eigenvalue weighted by Crippen LogP contribution is -2.25. The van der Waals surface area contributed by atoms with E-state index in [0.717, 1.165) is 23.5 Å². The molecule has 26 heavy (non-hydrogen) atoms. The molecular weight excluding hydrogens is 396 g/mol. The summed E-state index contributed by atoms with van der Waals surface area (Å²) in [7, 11) is 0. The molecule has 1 heterocycles. The van der Waals surface area contributed by atoms with Crippen molar-refractivity contribution in [1.82, 2.24) is 9.78 Å². The van der Waals surface area contributed by atoms with Crippen molar-refractivity contribution >= 4 is 26.7 Å². The van der Waals surface area contributed by atoms with Crippen molar-refractivity contribution in [2.75, 3.05) is 13.2 Å². The fraction of sp³-hybridized carbons (Fsp3) is 0.600. The predicted octanol–water partition coefficient (Wildman–Crippen LogP) is 4.06. The van der Waals surface area contributed by atoms with E-state index in [9.17, 15) is 4.79 Å². The lowest BCUT2D eigenvalue weighted by Gasteiger charge is -2.11. The first-order valence-electron chi connectivity index (χ1n) is 9.39. The highest BCUT2D eigenvalue weighted by Crippen LogP contribution is 2.29. The number of hydrogen-bond donors (Lipinski definition) is 1. The number of benzene rings is 1. The van der Waals surface area contributed by atoms with Crippen molar-refractivity contribution in [1.29, 1.82) is 0 Å². The van der Waals surface area contributed by atoms with Crippen LogP contribution in [-0.2, 0) is 11.3 Å². The second kappa shape index (κ2) is 8.63. The summed E-state index contributed by atoms with van der Waals surface area (Å²) in [4.78, 5) is 12.5. The monoisotopic (exact) mass is 422 g/mol. The summed E-state index contributed by atoms with van der Waals surface area (Å²) in [6.45, 7) is 5.71. The standard InChI is InChI=1S/C16H19BrN2O2.C4H8O/c1-10(2)19-16(20)14-7-12(9-21-8-11-3-4-11)5-6-13(14)15(17)18-19;5-3-4-1-2-4/h5-7,10-11H,3-4,8-9H2,1-2H3;4-5H,1-3H2. The van der Waals surface area contributed by atoms with Gasteiger partial charge in [-0.1, -0.05) is 12.1 Å². The summed E-state index contributed by atoms with van der Waals surface area (Å²) in [6, 6.07) is 5.90. The van der Waals surface area contributed by atoms with Crippen LogP contribution in [-0.4, -0.2) is 28.1 Å². The maximum atomic E-state index is 12.5. The zero-order valence-corrected chi connectivity index (χ0v) is 17.0. The number of halogens is 1. The molecule has 142 valence electrons. The van der Waals surface area contributed by atoms with Crippen molar-refractivity contribution < 1.29 is 9.84 Å². The molecule has 5 nitrogen and oxygen atoms in total. The van der Waals surface area contributed by atoms with Crippen LogP contribution in [0.3, 0.4) is 0 Å². The summed E-state index contributed by atoms with van der Waals surface area (Å²) in [6.07, 6.45) is 5.10. The molecule has 2 aliphatic rings. The maximum Gasteiger partial charge on any atom is 0.274 e. The number of rotatable bonds is 6. The Morgan fingerprint density at radius 1 is 1.23 bits per heavy atom. The van der Waals surface area contributed by atoms with Gasteiger partial charge in [-0.3, -0.25) is 4.79 Å². The predicted molar refractivity (Wildman–Crippen MR) is 106 cm³/mol. The van der Waals surface area contributed by atoms with Crippen LogP contribution in [0.4, 0.5) is 0 Å². The van der Waals surface area contributed by atoms with Crippen LogP contribution in [0, 0.1) is 11.8 Å². The molecule has 2 aliphatic carbocycles. The van der Waals surface area contributed by atoms with E-state index >= 15 is 0 Å². The van der Waals surface area contributed by atoms with Gasteiger partial charge in [-0.05, 0) is 78.9 Å². The van der Waals surface area contributed by atoms with Crippen molar-refractivity contribution in [2.24, 2.45) is 11.8 Å². The minimum atomic E-state index is -0.0488. The third kappa shape index (κ3) is 5.15. The number of hydrogen-bond acceptors (Lipinski definition) is 4. The first kappa shape index (κ1) is 19.5. The molecule has 0 aliphatic heterocycles. The quantitative estimate of drug-likeness (QED) is 0.761. The second-order valence-corrected chi connectivity index (χ2v) is 8.35. The van der Waals surface area contributed by atoms with Gasteiger partial charge >= 0.3 is 0 Å². The zero-order chi connectivity index (χ0) is 18.7. The summed E-state index contributed by atoms with van der Waals surface area (Å²) in [5.41, 5.74) is 0.987. The Bertz CT molecular complexity index is 811. The van der Waals surface area contributed by atoms with Gasteiger partial charge in [0, 0.05) is 18.6 Å². The van der Waals surface area contributed by atoms with Gasteiger partial charge < -0.3 is 9.84 Å². The molecule has 0 spiro atoms. The van der Waals surface area contributed by atoms with Crippen molar-refractivity contribution in [2.45, 2.75) is 52.2 Å². The Morgan fingerprint density at radius 2 is 1.92 bits per heavy atom. The highest BCUT2D eigenvalue weighted by molar-refractivity contribution is 9.10. The molecule has 4 rings (SSSR count). The molecule has 1 aromatic carbocycles. The van der Waals surface area contributed by atoms with Gasteiger partial charge in [0.2, 0.25) is 0 Å². The fourth-order valence-electron chi connectivity index (χ4n) is 2.63. The summed E-state index contributed by atoms with van der Waals surface area (Å²) >= 11 is 3.45. The number of ether oxygens (including phenoxy) is 1. The second-order valence-electron chi connectivity index (χ2n) is 7.60. The normalized spacial score (nSPS) is 16.7. The molecule has 2 aromatic rings. The van der Waals surface area contributed by atoms with E-state index in [1.807, 2.05) is 32.0 Å². The highest BCUT2D eigenvalue weighted by Gasteiger charge is 2.21. The van der Waals surface area contributed by atoms with E-state index in [2.05, 4.69) is 21.0 Å². The summed E-state index contributed by atoms with van der Waals surface area (Å²) < 4.78 is 7.92. The Balaban J connectivity index is 0.000000339. The van der Waals surface area contributed by atoms with Crippen LogP contribution < -0.4 is 5.56 Å². The van der Waals surface area contributed by atoms with Gasteiger partial charge in [-0.15, -0.1) is 0 Å². The third-order valence-electron chi connectivity index (χ3n) is 4.70. The molecule has 0 bridgehead atoms. The lowest BCUT2D eigenvalue weighted by molar-refractivity contribution is 0.111. The summed E-state index contributed by atoms with van der Waals surface area (Å²) in [5, 5.41) is 14.1. The molecular formula is C20H27BrN2O3. The Kier molecular flexibility index (Phi) is 6.48. The summed E-state index contributed by atoms with van der Waals surface area (Å²) in [5.74, 6) is 1.44. The van der Waals surface area contributed by atoms with Gasteiger partial charge in [-0.25, -0.2) is 4.68 Å². The van der Waals surface area contributed by atoms with E-state index in [4.69, 9.17) is 9.84 Å². The minimum Gasteiger partial charge on any atom is -0.396 e. The van der Waals surface area contributed by atoms with Crippen molar-refractivity contribution in [3.8, 4) is 0 Å². The van der Waals surface area contributed by atoms with E-state index in [-0.39, 0.29) is 11.6 Å². The molecule has 1 aromatic heterocycles. The first-order valence-corrected chi connectivity index (χ1v) is 10.2. The van der Waals surface area contributed by atoms with Crippen LogP contribution in [0.2, 0.25) is 0 Å². The Labute approximate surface area is 162 Å². The minimum absolute atomic E-state index is 0.0352. The molecule has 0 radical (unpaired) electrons. The number of aliphatic hydroxyl groups excluding tert-OH is 1. The molecule has 1 N–H and O–H groups in total. The molecule has 2 fully saturated rings. The average Bonchev–Trinajstić information content (AvgIpc) is 3.52. The van der Waals surface area contributed by atoms with Gasteiger partial charge in [0.15, 0.2) is 0 Å². The maximum absolute atomic E-state index is 12.5. The lowest BCUT2D eigenvalue weighted by atomic mass is 10.1. The van der Waals surface area contributed by atoms with Crippen LogP contribution in [0.15, 0.2) is 27.6 Å². The van der Waals surface area contributed by atoms with Gasteiger partial charge in [0.05, 0.1) is 18.0 Å². The molecule has 6 heteroatoms. The number of fused-ring (bicyclic) bond motifs is 1. The van der Waals surface area contributed by atoms with Crippen LogP contribution >= 0.6 is 15.9 Å². The molecule has 2 saturated carbocycles. The topological polar surface area (TPSA) is 64.4 Å². The van der Waals surface area contributed by atoms with E-state index in [1.54, 1.807) is 0 Å². The average molecular weight is 423 g/mol. The Hall–Kier alpha value is -1.24. The molecule has 0 saturated heterocycles. The van der Waals surface area contributed by atoms with E-state index in [0.29, 0.717) is 29.1 Å². The fourth-order valence-corrected chi connectivity index (χ4v) is 3.15. The number of aliphatic hydroxyl groups is 1. The van der Waals surface area contributed by atoms with Crippen LogP contribution in [0.25, 0.3) is 10.8 Å². The first-order chi connectivity index (χ1) is 12.5. The van der Waals surface area contributed by atoms with Gasteiger partial charge in [0.1, 0.15) is 4.60 Å². The van der Waals surface area contributed by atoms with E-state index < -0.39 is 0 Å². The Morgan fingerprint density at radius 3 is 2.46 bits per heavy atom. The number of nitrogens with zero attached hydrogens (tertiary/aromatic N) is 2. The molecule has 0 amide bonds. The SMILES string of the molecule is CC(C)n1nc(Br)c2ccc(COCC3CC3)cc2c1=O.OCC1CC1. The van der Waals surface area contributed by atoms with Crippen LogP contribution in [0.1, 0.15) is 51.1 Å². The van der Waals surface area contributed by atoms with Crippen molar-refractivity contribution in [3.05, 3.63) is 38.7 Å². The molecule has 0 unspecified atom stereocenters. The highest BCUT2D eigenvalue weighted by atomic mass is 79.9. The zero-order valence-electron chi connectivity index (χ0n) is 15.4. The third-order valence-corrected chi connectivity index (χ3v) is 5.29. The van der Waals surface area contributed by atoms with Crippen molar-refractivity contribution in [3.63, 3.8) is 0 Å². The molecule has 0 atom stereocenters. The number of aromatic nitrogens is 2.